The lowest BCUT2D eigenvalue weighted by Crippen LogP contribution is -2.45. The molecule has 0 unspecified atom stereocenters. The molecule has 2 amide bonds. The maximum Gasteiger partial charge on any atom is 0.253 e. The number of nitrogens with zero attached hydrogens (tertiary/aromatic N) is 1. The van der Waals surface area contributed by atoms with E-state index < -0.39 is 0 Å². The first-order chi connectivity index (χ1) is 15.0. The Kier molecular flexibility index (Phi) is 6.88. The van der Waals surface area contributed by atoms with Crippen molar-refractivity contribution in [1.29, 1.82) is 0 Å². The van der Waals surface area contributed by atoms with Crippen LogP contribution in [0.2, 0.25) is 10.0 Å². The Morgan fingerprint density at radius 2 is 1.84 bits per heavy atom. The Balaban J connectivity index is 1.36. The standard InChI is InChI=1S/C23H24Cl2N2O4/c24-18-6-4-16(5-7-18)23(29)27-8-1-3-17(14-27)22(28)26-13-15-11-19(25)21-20(12-15)30-9-2-10-31-21/h4-7,11-12,17H,1-3,8-10,13-14H2,(H,26,28)/t17-/m1/s1. The van der Waals surface area contributed by atoms with Crippen LogP contribution in [-0.2, 0) is 11.3 Å². The summed E-state index contributed by atoms with van der Waals surface area (Å²) < 4.78 is 11.4. The second-order valence-electron chi connectivity index (χ2n) is 7.77. The SMILES string of the molecule is O=C(NCc1cc(Cl)c2c(c1)OCCCO2)[C@@H]1CCCN(C(=O)c2ccc(Cl)cc2)C1. The largest absolute Gasteiger partial charge is 0.489 e. The van der Waals surface area contributed by atoms with E-state index in [1.165, 1.54) is 0 Å². The van der Waals surface area contributed by atoms with Gasteiger partial charge in [-0.05, 0) is 54.8 Å². The molecule has 2 aromatic carbocycles. The van der Waals surface area contributed by atoms with Crippen LogP contribution in [0.15, 0.2) is 36.4 Å². The number of hydrogen-bond acceptors (Lipinski definition) is 4. The van der Waals surface area contributed by atoms with Gasteiger partial charge in [0.15, 0.2) is 11.5 Å². The topological polar surface area (TPSA) is 67.9 Å². The van der Waals surface area contributed by atoms with E-state index in [-0.39, 0.29) is 17.7 Å². The lowest BCUT2D eigenvalue weighted by atomic mass is 9.96. The maximum atomic E-state index is 12.8. The molecule has 4 rings (SSSR count). The van der Waals surface area contributed by atoms with Crippen molar-refractivity contribution in [2.45, 2.75) is 25.8 Å². The molecule has 0 spiro atoms. The van der Waals surface area contributed by atoms with Gasteiger partial charge in [-0.3, -0.25) is 9.59 Å². The quantitative estimate of drug-likeness (QED) is 0.734. The molecule has 1 N–H and O–H groups in total. The van der Waals surface area contributed by atoms with Crippen molar-refractivity contribution < 1.29 is 19.1 Å². The highest BCUT2D eigenvalue weighted by atomic mass is 35.5. The minimum atomic E-state index is -0.249. The van der Waals surface area contributed by atoms with Gasteiger partial charge in [0.2, 0.25) is 5.91 Å². The first-order valence-corrected chi connectivity index (χ1v) is 11.2. The summed E-state index contributed by atoms with van der Waals surface area (Å²) in [5.41, 5.74) is 1.42. The zero-order chi connectivity index (χ0) is 21.8. The third kappa shape index (κ3) is 5.25. The van der Waals surface area contributed by atoms with Crippen molar-refractivity contribution in [1.82, 2.24) is 10.2 Å². The molecule has 1 atom stereocenters. The number of likely N-dealkylation sites (tertiary alicyclic amines) is 1. The van der Waals surface area contributed by atoms with Crippen LogP contribution in [0.5, 0.6) is 11.5 Å². The van der Waals surface area contributed by atoms with Crippen LogP contribution in [0.3, 0.4) is 0 Å². The van der Waals surface area contributed by atoms with Crippen LogP contribution in [-0.4, -0.2) is 43.0 Å². The molecular formula is C23H24Cl2N2O4. The summed E-state index contributed by atoms with van der Waals surface area (Å²) in [6.45, 7) is 2.50. The summed E-state index contributed by atoms with van der Waals surface area (Å²) in [5, 5.41) is 4.03. The smallest absolute Gasteiger partial charge is 0.253 e. The number of carbonyl (C=O) groups excluding carboxylic acids is 2. The average molecular weight is 463 g/mol. The van der Waals surface area contributed by atoms with Crippen LogP contribution in [0.4, 0.5) is 0 Å². The summed E-state index contributed by atoms with van der Waals surface area (Å²) >= 11 is 12.2. The fraction of sp³-hybridized carbons (Fsp3) is 0.391. The molecule has 2 aliphatic rings. The number of amides is 2. The summed E-state index contributed by atoms with van der Waals surface area (Å²) in [5.74, 6) is 0.756. The molecule has 0 aromatic heterocycles. The predicted octanol–water partition coefficient (Wildman–Crippen LogP) is 4.32. The van der Waals surface area contributed by atoms with E-state index in [0.29, 0.717) is 60.0 Å². The van der Waals surface area contributed by atoms with Crippen LogP contribution in [0.1, 0.15) is 35.2 Å². The predicted molar refractivity (Wildman–Crippen MR) is 119 cm³/mol. The van der Waals surface area contributed by atoms with E-state index >= 15 is 0 Å². The molecule has 2 heterocycles. The summed E-state index contributed by atoms with van der Waals surface area (Å²) in [6.07, 6.45) is 2.33. The van der Waals surface area contributed by atoms with Crippen LogP contribution in [0.25, 0.3) is 0 Å². The number of carbonyl (C=O) groups is 2. The van der Waals surface area contributed by atoms with Crippen molar-refractivity contribution in [3.05, 3.63) is 57.6 Å². The zero-order valence-corrected chi connectivity index (χ0v) is 18.5. The zero-order valence-electron chi connectivity index (χ0n) is 17.0. The molecule has 2 aliphatic heterocycles. The fourth-order valence-electron chi connectivity index (χ4n) is 3.87. The van der Waals surface area contributed by atoms with Crippen molar-refractivity contribution >= 4 is 35.0 Å². The van der Waals surface area contributed by atoms with Gasteiger partial charge in [0.1, 0.15) is 0 Å². The van der Waals surface area contributed by atoms with Crippen molar-refractivity contribution in [3.63, 3.8) is 0 Å². The number of nitrogens with one attached hydrogen (secondary N) is 1. The van der Waals surface area contributed by atoms with E-state index in [4.69, 9.17) is 32.7 Å². The maximum absolute atomic E-state index is 12.8. The number of benzene rings is 2. The third-order valence-electron chi connectivity index (χ3n) is 5.50. The first-order valence-electron chi connectivity index (χ1n) is 10.4. The van der Waals surface area contributed by atoms with Gasteiger partial charge in [-0.2, -0.15) is 0 Å². The molecule has 1 fully saturated rings. The molecule has 8 heteroatoms. The minimum Gasteiger partial charge on any atom is -0.489 e. The Bertz CT molecular complexity index is 965. The van der Waals surface area contributed by atoms with Crippen molar-refractivity contribution in [2.75, 3.05) is 26.3 Å². The minimum absolute atomic E-state index is 0.0724. The molecule has 0 saturated carbocycles. The summed E-state index contributed by atoms with van der Waals surface area (Å²) in [6, 6.07) is 10.5. The molecule has 0 radical (unpaired) electrons. The molecule has 0 aliphatic carbocycles. The highest BCUT2D eigenvalue weighted by Crippen LogP contribution is 2.38. The Hall–Kier alpha value is -2.44. The second kappa shape index (κ2) is 9.79. The molecule has 2 aromatic rings. The fourth-order valence-corrected chi connectivity index (χ4v) is 4.28. The number of rotatable bonds is 4. The van der Waals surface area contributed by atoms with Crippen LogP contribution < -0.4 is 14.8 Å². The van der Waals surface area contributed by atoms with E-state index in [1.54, 1.807) is 35.2 Å². The Morgan fingerprint density at radius 3 is 2.65 bits per heavy atom. The van der Waals surface area contributed by atoms with Crippen molar-refractivity contribution in [3.8, 4) is 11.5 Å². The van der Waals surface area contributed by atoms with E-state index in [1.807, 2.05) is 6.07 Å². The molecule has 0 bridgehead atoms. The lowest BCUT2D eigenvalue weighted by molar-refractivity contribution is -0.126. The number of hydrogen-bond donors (Lipinski definition) is 1. The summed E-state index contributed by atoms with van der Waals surface area (Å²) in [7, 11) is 0. The van der Waals surface area contributed by atoms with Gasteiger partial charge in [-0.15, -0.1) is 0 Å². The van der Waals surface area contributed by atoms with Gasteiger partial charge in [-0.1, -0.05) is 23.2 Å². The van der Waals surface area contributed by atoms with E-state index in [9.17, 15) is 9.59 Å². The number of halogens is 2. The molecule has 6 nitrogen and oxygen atoms in total. The molecule has 164 valence electrons. The number of piperidine rings is 1. The first kappa shape index (κ1) is 21.8. The number of ether oxygens (including phenoxy) is 2. The highest BCUT2D eigenvalue weighted by molar-refractivity contribution is 6.32. The van der Waals surface area contributed by atoms with Crippen molar-refractivity contribution in [2.24, 2.45) is 5.92 Å². The molecule has 1 saturated heterocycles. The normalized spacial score (nSPS) is 18.3. The van der Waals surface area contributed by atoms with Crippen LogP contribution in [0, 0.1) is 5.92 Å². The Morgan fingerprint density at radius 1 is 1.06 bits per heavy atom. The van der Waals surface area contributed by atoms with Gasteiger partial charge < -0.3 is 19.7 Å². The average Bonchev–Trinajstić information content (AvgIpc) is 3.03. The van der Waals surface area contributed by atoms with Gasteiger partial charge >= 0.3 is 0 Å². The molecule has 31 heavy (non-hydrogen) atoms. The summed E-state index contributed by atoms with van der Waals surface area (Å²) in [4.78, 5) is 27.3. The van der Waals surface area contributed by atoms with Gasteiger partial charge in [0.05, 0.1) is 24.2 Å². The third-order valence-corrected chi connectivity index (χ3v) is 6.03. The lowest BCUT2D eigenvalue weighted by Gasteiger charge is -2.32. The highest BCUT2D eigenvalue weighted by Gasteiger charge is 2.29. The Labute approximate surface area is 191 Å². The van der Waals surface area contributed by atoms with E-state index in [2.05, 4.69) is 5.32 Å². The monoisotopic (exact) mass is 462 g/mol. The van der Waals surface area contributed by atoms with E-state index in [0.717, 1.165) is 24.8 Å². The second-order valence-corrected chi connectivity index (χ2v) is 8.61. The number of fused-ring (bicyclic) bond motifs is 1. The van der Waals surface area contributed by atoms with Gasteiger partial charge in [0.25, 0.3) is 5.91 Å². The van der Waals surface area contributed by atoms with Gasteiger partial charge in [0, 0.05) is 36.6 Å². The van der Waals surface area contributed by atoms with Gasteiger partial charge in [-0.25, -0.2) is 0 Å². The molecular weight excluding hydrogens is 439 g/mol. The van der Waals surface area contributed by atoms with Crippen LogP contribution >= 0.6 is 23.2 Å².